The second-order valence-corrected chi connectivity index (χ2v) is 7.59. The highest BCUT2D eigenvalue weighted by atomic mass is 32.1. The van der Waals surface area contributed by atoms with Crippen LogP contribution >= 0.6 is 12.6 Å². The molecule has 4 N–H and O–H groups in total. The molecule has 2 unspecified atom stereocenters. The lowest BCUT2D eigenvalue weighted by Gasteiger charge is -2.21. The minimum absolute atomic E-state index is 0.0101. The van der Waals surface area contributed by atoms with E-state index in [4.69, 9.17) is 5.73 Å². The molecule has 0 aliphatic rings. The number of carbonyl (C=O) groups is 2. The van der Waals surface area contributed by atoms with E-state index in [9.17, 15) is 9.59 Å². The molecule has 5 nitrogen and oxygen atoms in total. The molecule has 2 atom stereocenters. The Kier molecular flexibility index (Phi) is 10.7. The monoisotopic (exact) mass is 355 g/mol. The maximum absolute atomic E-state index is 12.3. The van der Waals surface area contributed by atoms with Crippen LogP contribution in [0.4, 0.5) is 0 Å². The largest absolute Gasteiger partial charge is 0.350 e. The lowest BCUT2D eigenvalue weighted by Crippen LogP contribution is -2.46. The highest BCUT2D eigenvalue weighted by Gasteiger charge is 2.20. The van der Waals surface area contributed by atoms with Crippen LogP contribution in [0.15, 0.2) is 24.3 Å². The third-order valence-corrected chi connectivity index (χ3v) is 3.59. The van der Waals surface area contributed by atoms with Crippen LogP contribution in [0.2, 0.25) is 0 Å². The van der Waals surface area contributed by atoms with Crippen LogP contribution in [-0.4, -0.2) is 35.7 Å². The summed E-state index contributed by atoms with van der Waals surface area (Å²) in [5.74, 6) is 0.163. The zero-order valence-corrected chi connectivity index (χ0v) is 16.4. The summed E-state index contributed by atoms with van der Waals surface area (Å²) in [5.41, 5.74) is 5.43. The third-order valence-electron chi connectivity index (χ3n) is 3.17. The van der Waals surface area contributed by atoms with E-state index >= 15 is 0 Å². The maximum atomic E-state index is 12.3. The van der Waals surface area contributed by atoms with Crippen LogP contribution in [0, 0.1) is 11.8 Å². The number of thiol groups is 1. The Morgan fingerprint density at radius 3 is 2.25 bits per heavy atom. The van der Waals surface area contributed by atoms with Gasteiger partial charge in [0.15, 0.2) is 0 Å². The van der Waals surface area contributed by atoms with Gasteiger partial charge in [0.1, 0.15) is 0 Å². The van der Waals surface area contributed by atoms with Gasteiger partial charge >= 0.3 is 0 Å². The Labute approximate surface area is 151 Å². The summed E-state index contributed by atoms with van der Waals surface area (Å²) < 4.78 is 0. The van der Waals surface area contributed by atoms with E-state index in [2.05, 4.69) is 23.3 Å². The Hall–Kier alpha value is -1.27. The van der Waals surface area contributed by atoms with E-state index < -0.39 is 0 Å². The smallest absolute Gasteiger partial charge is 0.239 e. The van der Waals surface area contributed by atoms with Crippen molar-refractivity contribution in [1.29, 1.82) is 0 Å². The fourth-order valence-corrected chi connectivity index (χ4v) is 2.10. The average molecular weight is 356 g/mol. The van der Waals surface area contributed by atoms with Crippen LogP contribution in [-0.2, 0) is 9.59 Å². The normalized spacial score (nSPS) is 15.0. The van der Waals surface area contributed by atoms with E-state index in [1.165, 1.54) is 0 Å². The molecule has 6 heteroatoms. The van der Waals surface area contributed by atoms with Crippen molar-refractivity contribution in [2.24, 2.45) is 17.6 Å². The van der Waals surface area contributed by atoms with Crippen molar-refractivity contribution < 1.29 is 9.59 Å². The van der Waals surface area contributed by atoms with Crippen molar-refractivity contribution in [2.45, 2.75) is 52.6 Å². The fraction of sp³-hybridized carbons (Fsp3) is 0.667. The molecule has 24 heavy (non-hydrogen) atoms. The van der Waals surface area contributed by atoms with Crippen molar-refractivity contribution in [2.75, 3.05) is 12.3 Å². The minimum Gasteiger partial charge on any atom is -0.350 e. The van der Waals surface area contributed by atoms with Gasteiger partial charge in [-0.15, -0.1) is 0 Å². The van der Waals surface area contributed by atoms with Crippen LogP contribution < -0.4 is 16.4 Å². The van der Waals surface area contributed by atoms with Gasteiger partial charge in [-0.2, -0.15) is 12.6 Å². The van der Waals surface area contributed by atoms with Crippen LogP contribution in [0.25, 0.3) is 0 Å². The van der Waals surface area contributed by atoms with Crippen molar-refractivity contribution in [3.63, 3.8) is 0 Å². The van der Waals surface area contributed by atoms with Gasteiger partial charge in [-0.3, -0.25) is 9.59 Å². The molecule has 0 aromatic rings. The van der Waals surface area contributed by atoms with Gasteiger partial charge in [-0.25, -0.2) is 0 Å². The summed E-state index contributed by atoms with van der Waals surface area (Å²) in [6, 6.07) is -0.0488. The summed E-state index contributed by atoms with van der Waals surface area (Å²) in [6.45, 7) is 9.66. The second-order valence-electron chi connectivity index (χ2n) is 7.22. The Morgan fingerprint density at radius 1 is 1.17 bits per heavy atom. The van der Waals surface area contributed by atoms with E-state index in [0.717, 1.165) is 0 Å². The summed E-state index contributed by atoms with van der Waals surface area (Å²) in [4.78, 5) is 24.1. The predicted molar refractivity (Wildman–Crippen MR) is 104 cm³/mol. The Morgan fingerprint density at radius 2 is 1.75 bits per heavy atom. The van der Waals surface area contributed by atoms with Gasteiger partial charge in [0.05, 0.1) is 12.5 Å². The van der Waals surface area contributed by atoms with E-state index in [-0.39, 0.29) is 41.8 Å². The van der Waals surface area contributed by atoms with Gasteiger partial charge in [-0.05, 0) is 33.1 Å². The minimum atomic E-state index is -0.306. The Bertz CT molecular complexity index is 454. The van der Waals surface area contributed by atoms with Crippen molar-refractivity contribution in [3.05, 3.63) is 24.3 Å². The first kappa shape index (κ1) is 22.7. The molecule has 0 spiro atoms. The molecule has 0 aromatic carbocycles. The quantitative estimate of drug-likeness (QED) is 0.377. The first-order valence-corrected chi connectivity index (χ1v) is 8.98. The van der Waals surface area contributed by atoms with Crippen LogP contribution in [0.1, 0.15) is 41.0 Å². The first-order chi connectivity index (χ1) is 11.1. The second kappa shape index (κ2) is 11.3. The zero-order chi connectivity index (χ0) is 18.8. The molecular formula is C18H33N3O2S. The number of carbonyl (C=O) groups excluding carboxylic acids is 2. The van der Waals surface area contributed by atoms with E-state index in [1.807, 2.05) is 58.9 Å². The molecule has 0 aliphatic carbocycles. The van der Waals surface area contributed by atoms with E-state index in [1.54, 1.807) is 0 Å². The number of hydrogen-bond acceptors (Lipinski definition) is 4. The number of hydrogen-bond donors (Lipinski definition) is 4. The maximum Gasteiger partial charge on any atom is 0.239 e. The molecule has 138 valence electrons. The number of allylic oxidation sites excluding steroid dienone is 2. The van der Waals surface area contributed by atoms with Gasteiger partial charge in [-0.1, -0.05) is 38.2 Å². The number of nitrogens with two attached hydrogens (primary N) is 1. The fourth-order valence-electron chi connectivity index (χ4n) is 1.98. The topological polar surface area (TPSA) is 84.2 Å². The molecule has 0 radical (unpaired) electrons. The molecule has 0 saturated heterocycles. The van der Waals surface area contributed by atoms with Gasteiger partial charge < -0.3 is 16.4 Å². The molecule has 2 amide bonds. The lowest BCUT2D eigenvalue weighted by atomic mass is 9.94. The standard InChI is InChI=1S/C18H33N3O2S/c1-13(2)15(10-8-6-7-9-14(19)12-24)17(23)20-11-16(22)21-18(3,4)5/h7-10,13-15,24H,6,11-12,19H2,1-5H3,(H,20,23)(H,21,22)/b9-7+,10-8+. The molecule has 0 bridgehead atoms. The SMILES string of the molecule is CC(C)C(/C=C/C/C=C/C(N)CS)C(=O)NCC(=O)NC(C)(C)C. The highest BCUT2D eigenvalue weighted by molar-refractivity contribution is 7.80. The molecule has 0 heterocycles. The predicted octanol–water partition coefficient (Wildman–Crippen LogP) is 2.05. The Balaban J connectivity index is 4.47. The zero-order valence-electron chi connectivity index (χ0n) is 15.5. The highest BCUT2D eigenvalue weighted by Crippen LogP contribution is 2.13. The molecule has 0 rings (SSSR count). The van der Waals surface area contributed by atoms with Gasteiger partial charge in [0.2, 0.25) is 11.8 Å². The number of amides is 2. The molecule has 0 aliphatic heterocycles. The van der Waals surface area contributed by atoms with Crippen molar-refractivity contribution >= 4 is 24.4 Å². The summed E-state index contributed by atoms with van der Waals surface area (Å²) in [7, 11) is 0. The van der Waals surface area contributed by atoms with Crippen LogP contribution in [0.3, 0.4) is 0 Å². The molecule has 0 fully saturated rings. The van der Waals surface area contributed by atoms with Gasteiger partial charge in [0.25, 0.3) is 0 Å². The first-order valence-electron chi connectivity index (χ1n) is 8.35. The van der Waals surface area contributed by atoms with Gasteiger partial charge in [0, 0.05) is 17.3 Å². The van der Waals surface area contributed by atoms with Crippen LogP contribution in [0.5, 0.6) is 0 Å². The molecule has 0 saturated carbocycles. The third kappa shape index (κ3) is 11.3. The molecule has 0 aromatic heterocycles. The van der Waals surface area contributed by atoms with E-state index in [0.29, 0.717) is 12.2 Å². The van der Waals surface area contributed by atoms with Crippen molar-refractivity contribution in [1.82, 2.24) is 10.6 Å². The summed E-state index contributed by atoms with van der Waals surface area (Å²) >= 11 is 4.11. The summed E-state index contributed by atoms with van der Waals surface area (Å²) in [5, 5.41) is 5.52. The van der Waals surface area contributed by atoms with Crippen molar-refractivity contribution in [3.8, 4) is 0 Å². The molecular weight excluding hydrogens is 322 g/mol. The summed E-state index contributed by atoms with van der Waals surface area (Å²) in [6.07, 6.45) is 8.41. The lowest BCUT2D eigenvalue weighted by molar-refractivity contribution is -0.128. The number of nitrogens with one attached hydrogen (secondary N) is 2. The average Bonchev–Trinajstić information content (AvgIpc) is 2.45. The number of rotatable bonds is 9.